The Morgan fingerprint density at radius 1 is 0.857 bits per heavy atom. The molecule has 0 saturated heterocycles. The maximum atomic E-state index is 10.9. The number of nitrogens with one attached hydrogen (secondary N) is 2. The normalized spacial score (nSPS) is 45.5. The maximum Gasteiger partial charge on any atom is 0.332 e. The van der Waals surface area contributed by atoms with Crippen LogP contribution in [0.3, 0.4) is 0 Å². The first-order chi connectivity index (χ1) is 10.1. The highest BCUT2D eigenvalue weighted by atomic mass is 16.2. The molecule has 4 rings (SSSR count). The van der Waals surface area contributed by atoms with E-state index in [9.17, 15) is 9.59 Å². The topological polar surface area (TPSA) is 135 Å². The van der Waals surface area contributed by atoms with E-state index >= 15 is 0 Å². The molecule has 0 radical (unpaired) electrons. The summed E-state index contributed by atoms with van der Waals surface area (Å²) in [5.41, 5.74) is 17.0. The van der Waals surface area contributed by atoms with Crippen LogP contribution in [0.15, 0.2) is 10.2 Å². The van der Waals surface area contributed by atoms with Gasteiger partial charge in [-0.3, -0.25) is 0 Å². The van der Waals surface area contributed by atoms with Gasteiger partial charge in [-0.15, -0.1) is 0 Å². The molecule has 4 aliphatic rings. The summed E-state index contributed by atoms with van der Waals surface area (Å²) < 4.78 is 0. The predicted molar refractivity (Wildman–Crippen MR) is 75.1 cm³/mol. The van der Waals surface area contributed by atoms with Gasteiger partial charge in [0.25, 0.3) is 0 Å². The standard InChI is InChI=1S/C13H18N6O2/c14-12(20)18-16-8-2-4-5-3-9(17-19-13(15)21)11-7(5)1-6(4)10(8)11/h4-7,10-11H,1-3H2,(H3,14,18,20)(H3,15,19,21)/b16-8-,17-9+/t4-,5-,6-,7+,10-,11-/m0/s1. The van der Waals surface area contributed by atoms with Crippen LogP contribution in [-0.4, -0.2) is 23.5 Å². The number of hydrogen-bond donors (Lipinski definition) is 4. The lowest BCUT2D eigenvalue weighted by molar-refractivity contribution is 0.241. The number of urea groups is 2. The Morgan fingerprint density at radius 3 is 1.67 bits per heavy atom. The van der Waals surface area contributed by atoms with E-state index in [4.69, 9.17) is 11.5 Å². The van der Waals surface area contributed by atoms with Crippen LogP contribution in [0.25, 0.3) is 0 Å². The van der Waals surface area contributed by atoms with Crippen molar-refractivity contribution in [1.82, 2.24) is 10.9 Å². The maximum absolute atomic E-state index is 10.9. The molecule has 0 aromatic heterocycles. The lowest BCUT2D eigenvalue weighted by Gasteiger charge is -2.24. The second-order valence-corrected chi connectivity index (χ2v) is 6.51. The second-order valence-electron chi connectivity index (χ2n) is 6.51. The highest BCUT2D eigenvalue weighted by Gasteiger charge is 2.67. The quantitative estimate of drug-likeness (QED) is 0.531. The predicted octanol–water partition coefficient (Wildman–Crippen LogP) is -0.0431. The Kier molecular flexibility index (Phi) is 2.51. The van der Waals surface area contributed by atoms with Crippen molar-refractivity contribution in [2.45, 2.75) is 19.3 Å². The Balaban J connectivity index is 1.63. The van der Waals surface area contributed by atoms with Gasteiger partial charge < -0.3 is 11.5 Å². The van der Waals surface area contributed by atoms with Crippen LogP contribution in [-0.2, 0) is 0 Å². The van der Waals surface area contributed by atoms with Gasteiger partial charge in [0, 0.05) is 23.3 Å². The second kappa shape index (κ2) is 4.19. The molecule has 21 heavy (non-hydrogen) atoms. The molecule has 4 fully saturated rings. The van der Waals surface area contributed by atoms with Gasteiger partial charge in [-0.1, -0.05) is 0 Å². The molecule has 4 amide bonds. The molecule has 0 unspecified atom stereocenters. The third-order valence-electron chi connectivity index (χ3n) is 5.78. The lowest BCUT2D eigenvalue weighted by Crippen LogP contribution is -2.32. The van der Waals surface area contributed by atoms with Gasteiger partial charge >= 0.3 is 12.1 Å². The zero-order valence-electron chi connectivity index (χ0n) is 11.5. The van der Waals surface area contributed by atoms with E-state index in [1.165, 1.54) is 6.42 Å². The number of hydrogen-bond acceptors (Lipinski definition) is 4. The summed E-state index contributed by atoms with van der Waals surface area (Å²) in [5, 5.41) is 8.43. The lowest BCUT2D eigenvalue weighted by atomic mass is 9.79. The minimum Gasteiger partial charge on any atom is -0.350 e. The van der Waals surface area contributed by atoms with E-state index < -0.39 is 12.1 Å². The first-order valence-corrected chi connectivity index (χ1v) is 7.30. The molecule has 0 spiro atoms. The van der Waals surface area contributed by atoms with Gasteiger partial charge in [0.2, 0.25) is 0 Å². The van der Waals surface area contributed by atoms with Crippen molar-refractivity contribution in [3.8, 4) is 0 Å². The number of primary amides is 2. The largest absolute Gasteiger partial charge is 0.350 e. The minimum absolute atomic E-state index is 0.332. The summed E-state index contributed by atoms with van der Waals surface area (Å²) in [5.74, 6) is 3.20. The van der Waals surface area contributed by atoms with Crippen LogP contribution in [0.1, 0.15) is 19.3 Å². The Bertz CT molecular complexity index is 531. The Hall–Kier alpha value is -2.12. The molecule has 0 aromatic carbocycles. The highest BCUT2D eigenvalue weighted by Crippen LogP contribution is 2.68. The summed E-state index contributed by atoms with van der Waals surface area (Å²) in [7, 11) is 0. The first kappa shape index (κ1) is 12.6. The molecular formula is C13H18N6O2. The number of nitrogens with zero attached hydrogens (tertiary/aromatic N) is 2. The molecule has 0 aromatic rings. The molecule has 0 aliphatic heterocycles. The van der Waals surface area contributed by atoms with Gasteiger partial charge in [0.15, 0.2) is 0 Å². The summed E-state index contributed by atoms with van der Waals surface area (Å²) in [4.78, 5) is 21.7. The van der Waals surface area contributed by atoms with E-state index in [0.29, 0.717) is 35.5 Å². The van der Waals surface area contributed by atoms with Crippen molar-refractivity contribution in [3.05, 3.63) is 0 Å². The fraction of sp³-hybridized carbons (Fsp3) is 0.692. The van der Waals surface area contributed by atoms with Crippen LogP contribution >= 0.6 is 0 Å². The highest BCUT2D eigenvalue weighted by molar-refractivity contribution is 6.01. The number of hydrazone groups is 2. The van der Waals surface area contributed by atoms with Crippen molar-refractivity contribution in [2.75, 3.05) is 0 Å². The number of rotatable bonds is 2. The number of nitrogens with two attached hydrogens (primary N) is 2. The Morgan fingerprint density at radius 2 is 1.29 bits per heavy atom. The van der Waals surface area contributed by atoms with E-state index in [2.05, 4.69) is 21.1 Å². The summed E-state index contributed by atoms with van der Waals surface area (Å²) >= 11 is 0. The average Bonchev–Trinajstić information content (AvgIpc) is 3.03. The van der Waals surface area contributed by atoms with Crippen LogP contribution in [0.2, 0.25) is 0 Å². The van der Waals surface area contributed by atoms with Crippen molar-refractivity contribution in [2.24, 2.45) is 57.2 Å². The zero-order valence-corrected chi connectivity index (χ0v) is 11.5. The number of carbonyl (C=O) groups is 2. The third kappa shape index (κ3) is 1.68. The van der Waals surface area contributed by atoms with Gasteiger partial charge in [0.1, 0.15) is 0 Å². The number of fused-ring (bicyclic) bond motifs is 2. The number of amides is 4. The zero-order chi connectivity index (χ0) is 14.7. The van der Waals surface area contributed by atoms with Crippen molar-refractivity contribution in [1.29, 1.82) is 0 Å². The summed E-state index contributed by atoms with van der Waals surface area (Å²) in [6, 6.07) is -1.27. The first-order valence-electron chi connectivity index (χ1n) is 7.30. The molecule has 8 nitrogen and oxygen atoms in total. The van der Waals surface area contributed by atoms with Crippen molar-refractivity contribution < 1.29 is 9.59 Å². The molecule has 2 bridgehead atoms. The third-order valence-corrected chi connectivity index (χ3v) is 5.78. The van der Waals surface area contributed by atoms with Crippen molar-refractivity contribution in [3.63, 3.8) is 0 Å². The fourth-order valence-corrected chi connectivity index (χ4v) is 5.42. The van der Waals surface area contributed by atoms with Crippen LogP contribution < -0.4 is 22.3 Å². The van der Waals surface area contributed by atoms with Crippen LogP contribution in [0, 0.1) is 35.5 Å². The average molecular weight is 290 g/mol. The molecular weight excluding hydrogens is 272 g/mol. The minimum atomic E-state index is -0.634. The molecule has 4 aliphatic carbocycles. The molecule has 0 heterocycles. The number of carbonyl (C=O) groups excluding carboxylic acids is 2. The van der Waals surface area contributed by atoms with E-state index in [-0.39, 0.29) is 0 Å². The summed E-state index contributed by atoms with van der Waals surface area (Å²) in [6.45, 7) is 0. The van der Waals surface area contributed by atoms with Gasteiger partial charge in [0.05, 0.1) is 0 Å². The van der Waals surface area contributed by atoms with Crippen molar-refractivity contribution >= 4 is 23.5 Å². The molecule has 8 heteroatoms. The molecule has 4 saturated carbocycles. The van der Waals surface area contributed by atoms with E-state index in [0.717, 1.165) is 24.3 Å². The van der Waals surface area contributed by atoms with Crippen LogP contribution in [0.5, 0.6) is 0 Å². The van der Waals surface area contributed by atoms with E-state index in [1.807, 2.05) is 0 Å². The molecule has 6 atom stereocenters. The van der Waals surface area contributed by atoms with Gasteiger partial charge in [-0.25, -0.2) is 20.4 Å². The monoisotopic (exact) mass is 290 g/mol. The Labute approximate surface area is 121 Å². The van der Waals surface area contributed by atoms with Crippen LogP contribution in [0.4, 0.5) is 9.59 Å². The molecule has 112 valence electrons. The van der Waals surface area contributed by atoms with E-state index in [1.54, 1.807) is 0 Å². The molecule has 6 N–H and O–H groups in total. The SMILES string of the molecule is NC(=O)N/N=C1/C[C@H]2[C@@H]3C/C(=N\NC(N)=O)[C@@H]4[C@@H]3C[C@@H]2[C@@H]14. The smallest absolute Gasteiger partial charge is 0.332 e. The van der Waals surface area contributed by atoms with Gasteiger partial charge in [-0.2, -0.15) is 10.2 Å². The fourth-order valence-electron chi connectivity index (χ4n) is 5.42. The van der Waals surface area contributed by atoms with Gasteiger partial charge in [-0.05, 0) is 42.9 Å². The summed E-state index contributed by atoms with van der Waals surface area (Å²) in [6.07, 6.45) is 3.10.